The monoisotopic (exact) mass is 327 g/mol. The Labute approximate surface area is 119 Å². The lowest BCUT2D eigenvalue weighted by Crippen LogP contribution is -1.87. The van der Waals surface area contributed by atoms with Crippen molar-refractivity contribution in [1.29, 1.82) is 0 Å². The number of pyridine rings is 1. The van der Waals surface area contributed by atoms with E-state index in [1.54, 1.807) is 18.0 Å². The standard InChI is InChI=1S/C13H11BrClNS/c1-9-4-2-3-5-10(9)8-17-13-12(14)6-11(15)7-16-13/h2-7H,8H2,1H3. The molecule has 0 saturated heterocycles. The molecule has 0 aliphatic rings. The molecule has 1 heterocycles. The number of benzene rings is 1. The molecule has 1 aromatic carbocycles. The largest absolute Gasteiger partial charge is 0.247 e. The highest BCUT2D eigenvalue weighted by atomic mass is 79.9. The van der Waals surface area contributed by atoms with E-state index in [9.17, 15) is 0 Å². The molecule has 0 aliphatic heterocycles. The van der Waals surface area contributed by atoms with E-state index < -0.39 is 0 Å². The van der Waals surface area contributed by atoms with Gasteiger partial charge in [0.2, 0.25) is 0 Å². The number of aryl methyl sites for hydroxylation is 1. The van der Waals surface area contributed by atoms with Gasteiger partial charge < -0.3 is 0 Å². The van der Waals surface area contributed by atoms with Crippen molar-refractivity contribution in [2.24, 2.45) is 0 Å². The quantitative estimate of drug-likeness (QED) is 0.727. The van der Waals surface area contributed by atoms with Gasteiger partial charge in [-0.3, -0.25) is 0 Å². The van der Waals surface area contributed by atoms with Crippen LogP contribution in [-0.4, -0.2) is 4.98 Å². The first-order valence-electron chi connectivity index (χ1n) is 5.15. The Morgan fingerprint density at radius 3 is 2.82 bits per heavy atom. The van der Waals surface area contributed by atoms with Crippen LogP contribution in [0.25, 0.3) is 0 Å². The van der Waals surface area contributed by atoms with Crippen molar-refractivity contribution in [3.05, 3.63) is 57.2 Å². The fourth-order valence-corrected chi connectivity index (χ4v) is 3.35. The van der Waals surface area contributed by atoms with Crippen LogP contribution < -0.4 is 0 Å². The summed E-state index contributed by atoms with van der Waals surface area (Å²) in [6.45, 7) is 2.13. The summed E-state index contributed by atoms with van der Waals surface area (Å²) >= 11 is 11.0. The molecule has 0 spiro atoms. The minimum Gasteiger partial charge on any atom is -0.247 e. The number of hydrogen-bond acceptors (Lipinski definition) is 2. The summed E-state index contributed by atoms with van der Waals surface area (Å²) in [4.78, 5) is 4.31. The summed E-state index contributed by atoms with van der Waals surface area (Å²) in [5.74, 6) is 0.917. The van der Waals surface area contributed by atoms with Crippen LogP contribution in [0.3, 0.4) is 0 Å². The molecular weight excluding hydrogens is 318 g/mol. The van der Waals surface area contributed by atoms with Gasteiger partial charge in [0, 0.05) is 11.9 Å². The summed E-state index contributed by atoms with van der Waals surface area (Å²) in [6, 6.07) is 10.3. The summed E-state index contributed by atoms with van der Waals surface area (Å²) in [7, 11) is 0. The second-order valence-corrected chi connectivity index (χ2v) is 5.91. The van der Waals surface area contributed by atoms with Crippen LogP contribution in [0.1, 0.15) is 11.1 Å². The zero-order valence-corrected chi connectivity index (χ0v) is 12.4. The van der Waals surface area contributed by atoms with Crippen LogP contribution in [0, 0.1) is 6.92 Å². The lowest BCUT2D eigenvalue weighted by molar-refractivity contribution is 1.11. The van der Waals surface area contributed by atoms with Gasteiger partial charge in [-0.25, -0.2) is 4.98 Å². The van der Waals surface area contributed by atoms with Gasteiger partial charge in [0.1, 0.15) is 5.03 Å². The van der Waals surface area contributed by atoms with E-state index >= 15 is 0 Å². The molecule has 0 fully saturated rings. The second kappa shape index (κ2) is 5.89. The first-order valence-corrected chi connectivity index (χ1v) is 7.31. The Hall–Kier alpha value is -0.510. The van der Waals surface area contributed by atoms with Crippen molar-refractivity contribution in [2.75, 3.05) is 0 Å². The number of hydrogen-bond donors (Lipinski definition) is 0. The van der Waals surface area contributed by atoms with Gasteiger partial charge in [-0.05, 0) is 40.0 Å². The second-order valence-electron chi connectivity index (χ2n) is 3.66. The van der Waals surface area contributed by atoms with Crippen LogP contribution in [-0.2, 0) is 5.75 Å². The maximum Gasteiger partial charge on any atom is 0.111 e. The predicted molar refractivity (Wildman–Crippen MR) is 77.7 cm³/mol. The van der Waals surface area contributed by atoms with Crippen molar-refractivity contribution >= 4 is 39.3 Å². The average molecular weight is 329 g/mol. The highest BCUT2D eigenvalue weighted by Crippen LogP contribution is 2.30. The molecule has 1 nitrogen and oxygen atoms in total. The number of thioether (sulfide) groups is 1. The molecule has 0 atom stereocenters. The normalized spacial score (nSPS) is 10.5. The third-order valence-electron chi connectivity index (χ3n) is 2.40. The van der Waals surface area contributed by atoms with Gasteiger partial charge in [-0.1, -0.05) is 35.9 Å². The van der Waals surface area contributed by atoms with Gasteiger partial charge in [-0.2, -0.15) is 0 Å². The first-order chi connectivity index (χ1) is 8.16. The molecule has 1 aromatic heterocycles. The SMILES string of the molecule is Cc1ccccc1CSc1ncc(Cl)cc1Br. The van der Waals surface area contributed by atoms with E-state index in [1.807, 2.05) is 6.07 Å². The minimum atomic E-state index is 0.650. The number of aromatic nitrogens is 1. The van der Waals surface area contributed by atoms with Gasteiger partial charge >= 0.3 is 0 Å². The lowest BCUT2D eigenvalue weighted by atomic mass is 10.1. The van der Waals surface area contributed by atoms with E-state index in [-0.39, 0.29) is 0 Å². The summed E-state index contributed by atoms with van der Waals surface area (Å²) in [5.41, 5.74) is 2.64. The Morgan fingerprint density at radius 2 is 2.12 bits per heavy atom. The molecule has 2 aromatic rings. The molecule has 0 saturated carbocycles. The molecule has 17 heavy (non-hydrogen) atoms. The van der Waals surface area contributed by atoms with Gasteiger partial charge in [0.15, 0.2) is 0 Å². The van der Waals surface area contributed by atoms with Gasteiger partial charge in [-0.15, -0.1) is 11.8 Å². The molecular formula is C13H11BrClNS. The predicted octanol–water partition coefficient (Wildman–Crippen LogP) is 5.10. The number of nitrogens with zero attached hydrogens (tertiary/aromatic N) is 1. The van der Waals surface area contributed by atoms with Crippen LogP contribution in [0.15, 0.2) is 46.0 Å². The smallest absolute Gasteiger partial charge is 0.111 e. The Kier molecular flexibility index (Phi) is 4.48. The topological polar surface area (TPSA) is 12.9 Å². The third-order valence-corrected chi connectivity index (χ3v) is 4.53. The highest BCUT2D eigenvalue weighted by molar-refractivity contribution is 9.10. The molecule has 0 N–H and O–H groups in total. The van der Waals surface area contributed by atoms with Crippen molar-refractivity contribution < 1.29 is 0 Å². The molecule has 88 valence electrons. The van der Waals surface area contributed by atoms with Crippen LogP contribution in [0.2, 0.25) is 5.02 Å². The Balaban J connectivity index is 2.10. The van der Waals surface area contributed by atoms with Crippen molar-refractivity contribution in [3.8, 4) is 0 Å². The van der Waals surface area contributed by atoms with Crippen molar-refractivity contribution in [2.45, 2.75) is 17.7 Å². The zero-order valence-electron chi connectivity index (χ0n) is 9.28. The highest BCUT2D eigenvalue weighted by Gasteiger charge is 2.05. The van der Waals surface area contributed by atoms with Crippen LogP contribution >= 0.6 is 39.3 Å². The van der Waals surface area contributed by atoms with E-state index in [1.165, 1.54) is 11.1 Å². The Bertz CT molecular complexity index is 531. The zero-order chi connectivity index (χ0) is 12.3. The minimum absolute atomic E-state index is 0.650. The van der Waals surface area contributed by atoms with Crippen LogP contribution in [0.5, 0.6) is 0 Å². The Morgan fingerprint density at radius 1 is 1.35 bits per heavy atom. The molecule has 0 radical (unpaired) electrons. The van der Waals surface area contributed by atoms with Crippen molar-refractivity contribution in [1.82, 2.24) is 4.98 Å². The van der Waals surface area contributed by atoms with E-state index in [2.05, 4.69) is 52.1 Å². The molecule has 0 unspecified atom stereocenters. The van der Waals surface area contributed by atoms with Gasteiger partial charge in [0.05, 0.1) is 9.50 Å². The molecule has 2 rings (SSSR count). The third kappa shape index (κ3) is 3.47. The molecule has 4 heteroatoms. The summed E-state index contributed by atoms with van der Waals surface area (Å²) < 4.78 is 0.948. The lowest BCUT2D eigenvalue weighted by Gasteiger charge is -2.06. The van der Waals surface area contributed by atoms with Gasteiger partial charge in [0.25, 0.3) is 0 Å². The number of halogens is 2. The number of rotatable bonds is 3. The summed E-state index contributed by atoms with van der Waals surface area (Å²) in [6.07, 6.45) is 1.67. The fourth-order valence-electron chi connectivity index (χ4n) is 1.43. The maximum atomic E-state index is 5.86. The van der Waals surface area contributed by atoms with Crippen LogP contribution in [0.4, 0.5) is 0 Å². The average Bonchev–Trinajstić information content (AvgIpc) is 2.30. The van der Waals surface area contributed by atoms with Crippen molar-refractivity contribution in [3.63, 3.8) is 0 Å². The summed E-state index contributed by atoms with van der Waals surface area (Å²) in [5, 5.41) is 1.62. The molecule has 0 aliphatic carbocycles. The van der Waals surface area contributed by atoms with E-state index in [4.69, 9.17) is 11.6 Å². The van der Waals surface area contributed by atoms with E-state index in [0.29, 0.717) is 5.02 Å². The van der Waals surface area contributed by atoms with E-state index in [0.717, 1.165) is 15.3 Å². The fraction of sp³-hybridized carbons (Fsp3) is 0.154. The first kappa shape index (κ1) is 12.9. The molecule has 0 amide bonds. The maximum absolute atomic E-state index is 5.86. The molecule has 0 bridgehead atoms.